The van der Waals surface area contributed by atoms with E-state index in [0.29, 0.717) is 18.6 Å². The van der Waals surface area contributed by atoms with Gasteiger partial charge < -0.3 is 0 Å². The molecule has 1 N–H and O–H groups in total. The Labute approximate surface area is 151 Å². The number of nitrogens with zero attached hydrogens (tertiary/aromatic N) is 1. The summed E-state index contributed by atoms with van der Waals surface area (Å²) in [6.45, 7) is 9.26. The molecule has 0 fully saturated rings. The number of hydrogen-bond acceptors (Lipinski definition) is 3. The van der Waals surface area contributed by atoms with Crippen molar-refractivity contribution in [2.24, 2.45) is 0 Å². The predicted octanol–water partition coefficient (Wildman–Crippen LogP) is 3.24. The summed E-state index contributed by atoms with van der Waals surface area (Å²) in [7, 11) is -3.55. The van der Waals surface area contributed by atoms with Gasteiger partial charge in [0.2, 0.25) is 10.0 Å². The van der Waals surface area contributed by atoms with Crippen LogP contribution in [0.2, 0.25) is 0 Å². The minimum atomic E-state index is -3.55. The molecule has 0 aliphatic heterocycles. The third kappa shape index (κ3) is 5.30. The van der Waals surface area contributed by atoms with E-state index < -0.39 is 10.0 Å². The monoisotopic (exact) mass is 358 g/mol. The molecule has 0 aromatic heterocycles. The SMILES string of the molecule is CC(C)N(CC#CCNS(=O)(=O)c1ccc2ccccc2c1)C(C)C. The number of nitrogens with one attached hydrogen (secondary N) is 1. The van der Waals surface area contributed by atoms with E-state index in [-0.39, 0.29) is 11.4 Å². The third-order valence-electron chi connectivity index (χ3n) is 4.10. The maximum absolute atomic E-state index is 12.4. The van der Waals surface area contributed by atoms with Crippen LogP contribution in [0.1, 0.15) is 27.7 Å². The molecular formula is C20H26N2O2S. The molecular weight excluding hydrogens is 332 g/mol. The van der Waals surface area contributed by atoms with Crippen LogP contribution in [0, 0.1) is 11.8 Å². The molecule has 4 nitrogen and oxygen atoms in total. The standard InChI is InChI=1S/C20H26N2O2S/c1-16(2)22(17(3)4)14-8-7-13-21-25(23,24)20-12-11-18-9-5-6-10-19(18)15-20/h5-6,9-12,15-17,21H,13-14H2,1-4H3. The van der Waals surface area contributed by atoms with Crippen LogP contribution in [-0.2, 0) is 10.0 Å². The van der Waals surface area contributed by atoms with Crippen LogP contribution < -0.4 is 4.72 Å². The highest BCUT2D eigenvalue weighted by atomic mass is 32.2. The quantitative estimate of drug-likeness (QED) is 0.807. The van der Waals surface area contributed by atoms with E-state index in [1.807, 2.05) is 30.3 Å². The zero-order valence-electron chi connectivity index (χ0n) is 15.3. The zero-order valence-corrected chi connectivity index (χ0v) is 16.1. The summed E-state index contributed by atoms with van der Waals surface area (Å²) in [5, 5.41) is 1.92. The first-order chi connectivity index (χ1) is 11.8. The first-order valence-corrected chi connectivity index (χ1v) is 9.99. The van der Waals surface area contributed by atoms with E-state index in [4.69, 9.17) is 0 Å². The largest absolute Gasteiger partial charge is 0.287 e. The van der Waals surface area contributed by atoms with Gasteiger partial charge >= 0.3 is 0 Å². The van der Waals surface area contributed by atoms with Crippen LogP contribution in [0.15, 0.2) is 47.4 Å². The van der Waals surface area contributed by atoms with Crippen molar-refractivity contribution in [3.63, 3.8) is 0 Å². The molecule has 25 heavy (non-hydrogen) atoms. The normalized spacial score (nSPS) is 12.0. The van der Waals surface area contributed by atoms with E-state index >= 15 is 0 Å². The molecule has 0 aliphatic rings. The van der Waals surface area contributed by atoms with E-state index in [2.05, 4.69) is 49.2 Å². The van der Waals surface area contributed by atoms with Crippen molar-refractivity contribution in [1.29, 1.82) is 0 Å². The Hall–Kier alpha value is -1.87. The average molecular weight is 359 g/mol. The van der Waals surface area contributed by atoms with Gasteiger partial charge in [-0.15, -0.1) is 0 Å². The predicted molar refractivity (Wildman–Crippen MR) is 104 cm³/mol. The lowest BCUT2D eigenvalue weighted by Crippen LogP contribution is -2.37. The molecule has 0 amide bonds. The lowest BCUT2D eigenvalue weighted by molar-refractivity contribution is 0.200. The number of fused-ring (bicyclic) bond motifs is 1. The van der Waals surface area contributed by atoms with Gasteiger partial charge in [0.15, 0.2) is 0 Å². The molecule has 0 radical (unpaired) electrons. The molecule has 0 aliphatic carbocycles. The first-order valence-electron chi connectivity index (χ1n) is 8.51. The summed E-state index contributed by atoms with van der Waals surface area (Å²) in [6.07, 6.45) is 0. The molecule has 2 aromatic carbocycles. The zero-order chi connectivity index (χ0) is 18.4. The Morgan fingerprint density at radius 2 is 1.60 bits per heavy atom. The molecule has 2 rings (SSSR count). The highest BCUT2D eigenvalue weighted by Gasteiger charge is 2.13. The molecule has 5 heteroatoms. The number of hydrogen-bond donors (Lipinski definition) is 1. The van der Waals surface area contributed by atoms with Gasteiger partial charge in [-0.25, -0.2) is 8.42 Å². The van der Waals surface area contributed by atoms with E-state index in [1.165, 1.54) is 0 Å². The Bertz CT molecular complexity index is 869. The van der Waals surface area contributed by atoms with E-state index in [9.17, 15) is 8.42 Å². The van der Waals surface area contributed by atoms with Gasteiger partial charge in [-0.1, -0.05) is 42.2 Å². The van der Waals surface area contributed by atoms with Crippen molar-refractivity contribution in [1.82, 2.24) is 9.62 Å². The number of sulfonamides is 1. The molecule has 0 saturated carbocycles. The second-order valence-electron chi connectivity index (χ2n) is 6.55. The van der Waals surface area contributed by atoms with Crippen molar-refractivity contribution in [2.45, 2.75) is 44.7 Å². The summed E-state index contributed by atoms with van der Waals surface area (Å²) in [4.78, 5) is 2.52. The van der Waals surface area contributed by atoms with Gasteiger partial charge in [0.1, 0.15) is 0 Å². The molecule has 0 atom stereocenters. The van der Waals surface area contributed by atoms with E-state index in [1.54, 1.807) is 12.1 Å². The number of benzene rings is 2. The molecule has 0 bridgehead atoms. The van der Waals surface area contributed by atoms with Crippen molar-refractivity contribution in [3.8, 4) is 11.8 Å². The summed E-state index contributed by atoms with van der Waals surface area (Å²) < 4.78 is 27.4. The van der Waals surface area contributed by atoms with Gasteiger partial charge in [0, 0.05) is 12.1 Å². The average Bonchev–Trinajstić information content (AvgIpc) is 2.56. The van der Waals surface area contributed by atoms with Crippen LogP contribution >= 0.6 is 0 Å². The molecule has 0 spiro atoms. The molecule has 0 heterocycles. The third-order valence-corrected chi connectivity index (χ3v) is 5.49. The smallest absolute Gasteiger partial charge is 0.241 e. The highest BCUT2D eigenvalue weighted by molar-refractivity contribution is 7.89. The van der Waals surface area contributed by atoms with Crippen LogP contribution in [0.4, 0.5) is 0 Å². The Kier molecular flexibility index (Phi) is 6.60. The maximum Gasteiger partial charge on any atom is 0.241 e. The van der Waals surface area contributed by atoms with Crippen LogP contribution in [0.3, 0.4) is 0 Å². The highest BCUT2D eigenvalue weighted by Crippen LogP contribution is 2.18. The second kappa shape index (κ2) is 8.48. The lowest BCUT2D eigenvalue weighted by Gasteiger charge is -2.28. The van der Waals surface area contributed by atoms with Crippen LogP contribution in [-0.4, -0.2) is 38.5 Å². The van der Waals surface area contributed by atoms with Crippen molar-refractivity contribution >= 4 is 20.8 Å². The van der Waals surface area contributed by atoms with Crippen LogP contribution in [0.5, 0.6) is 0 Å². The fourth-order valence-corrected chi connectivity index (χ4v) is 3.68. The summed E-state index contributed by atoms with van der Waals surface area (Å²) >= 11 is 0. The second-order valence-corrected chi connectivity index (χ2v) is 8.31. The minimum Gasteiger partial charge on any atom is -0.287 e. The molecule has 2 aromatic rings. The molecule has 134 valence electrons. The summed E-state index contributed by atoms with van der Waals surface area (Å²) in [5.41, 5.74) is 0. The first kappa shape index (κ1) is 19.5. The van der Waals surface area contributed by atoms with Gasteiger partial charge in [-0.3, -0.25) is 4.90 Å². The van der Waals surface area contributed by atoms with Gasteiger partial charge in [0.25, 0.3) is 0 Å². The maximum atomic E-state index is 12.4. The summed E-state index contributed by atoms with van der Waals surface area (Å²) in [5.74, 6) is 5.96. The Morgan fingerprint density at radius 3 is 2.24 bits per heavy atom. The van der Waals surface area contributed by atoms with Crippen molar-refractivity contribution in [2.75, 3.05) is 13.1 Å². The topological polar surface area (TPSA) is 49.4 Å². The van der Waals surface area contributed by atoms with Crippen molar-refractivity contribution < 1.29 is 8.42 Å². The number of rotatable bonds is 6. The Morgan fingerprint density at radius 1 is 0.960 bits per heavy atom. The fourth-order valence-electron chi connectivity index (χ4n) is 2.72. The lowest BCUT2D eigenvalue weighted by atomic mass is 10.1. The minimum absolute atomic E-state index is 0.110. The van der Waals surface area contributed by atoms with Crippen molar-refractivity contribution in [3.05, 3.63) is 42.5 Å². The van der Waals surface area contributed by atoms with Crippen LogP contribution in [0.25, 0.3) is 10.8 Å². The van der Waals surface area contributed by atoms with Gasteiger partial charge in [0.05, 0.1) is 18.0 Å². The molecule has 0 unspecified atom stereocenters. The van der Waals surface area contributed by atoms with Gasteiger partial charge in [-0.2, -0.15) is 4.72 Å². The van der Waals surface area contributed by atoms with E-state index in [0.717, 1.165) is 10.8 Å². The van der Waals surface area contributed by atoms with Gasteiger partial charge in [-0.05, 0) is 50.6 Å². The fraction of sp³-hybridized carbons (Fsp3) is 0.400. The molecule has 0 saturated heterocycles. The Balaban J connectivity index is 2.01. The summed E-state index contributed by atoms with van der Waals surface area (Å²) in [6, 6.07) is 13.6.